The zero-order valence-electron chi connectivity index (χ0n) is 18.5. The van der Waals surface area contributed by atoms with Gasteiger partial charge < -0.3 is 15.2 Å². The van der Waals surface area contributed by atoms with Crippen LogP contribution in [0.4, 0.5) is 4.39 Å². The molecule has 2 aliphatic heterocycles. The van der Waals surface area contributed by atoms with Crippen molar-refractivity contribution >= 4 is 17.4 Å². The number of rotatable bonds is 2. The topological polar surface area (TPSA) is 82.6 Å². The van der Waals surface area contributed by atoms with Crippen molar-refractivity contribution in [3.8, 4) is 22.6 Å². The molecular weight excluding hydrogens is 455 g/mol. The van der Waals surface area contributed by atoms with Crippen LogP contribution in [-0.4, -0.2) is 28.5 Å². The van der Waals surface area contributed by atoms with Crippen molar-refractivity contribution in [1.29, 1.82) is 0 Å². The van der Waals surface area contributed by atoms with Crippen molar-refractivity contribution < 1.29 is 13.9 Å². The second-order valence-corrected chi connectivity index (χ2v) is 9.57. The number of nitrogens with two attached hydrogens (primary N) is 1. The summed E-state index contributed by atoms with van der Waals surface area (Å²) < 4.78 is 27.2. The molecule has 1 spiro atoms. The van der Waals surface area contributed by atoms with E-state index >= 15 is 0 Å². The molecule has 3 aromatic rings. The molecular formula is C26H24ClFN4O2. The number of aliphatic imine (C=N–C) groups is 1. The number of amidine groups is 1. The first-order valence-corrected chi connectivity index (χ1v) is 12.0. The molecule has 174 valence electrons. The number of nitrogens with zero attached hydrogens (tertiary/aromatic N) is 3. The van der Waals surface area contributed by atoms with E-state index in [0.29, 0.717) is 39.5 Å². The number of halogens is 2. The van der Waals surface area contributed by atoms with Gasteiger partial charge >= 0.3 is 0 Å². The van der Waals surface area contributed by atoms with Crippen LogP contribution in [0, 0.1) is 11.9 Å². The number of aromatic nitrogens is 2. The first-order valence-electron chi connectivity index (χ1n) is 11.6. The zero-order chi connectivity index (χ0) is 23.3. The van der Waals surface area contributed by atoms with Crippen molar-refractivity contribution in [2.24, 2.45) is 16.6 Å². The highest BCUT2D eigenvalue weighted by atomic mass is 35.5. The fourth-order valence-corrected chi connectivity index (χ4v) is 5.66. The highest BCUT2D eigenvalue weighted by Gasteiger charge is 2.48. The molecule has 1 aliphatic carbocycles. The summed E-state index contributed by atoms with van der Waals surface area (Å²) >= 11 is 6.30. The summed E-state index contributed by atoms with van der Waals surface area (Å²) in [5, 5.41) is 0.322. The van der Waals surface area contributed by atoms with E-state index in [9.17, 15) is 4.39 Å². The van der Waals surface area contributed by atoms with Gasteiger partial charge in [0.15, 0.2) is 5.75 Å². The lowest BCUT2D eigenvalue weighted by Gasteiger charge is -2.43. The zero-order valence-corrected chi connectivity index (χ0v) is 19.3. The van der Waals surface area contributed by atoms with Gasteiger partial charge in [-0.1, -0.05) is 36.9 Å². The monoisotopic (exact) mass is 478 g/mol. The highest BCUT2D eigenvalue weighted by molar-refractivity contribution is 6.29. The standard InChI is InChI=1S/C26H24ClFN4O2/c27-22-12-19-21(13-31-22)34-20-9-8-16(17-7-4-10-30-24(17)28)11-18(20)26(19)14-33-23(25(29)32-26)15-5-2-1-3-6-15/h4,7-13,15,23H,1-3,5-6,14H2,(H2,29,32)/t23?,26-/m1/s1. The van der Waals surface area contributed by atoms with Crippen LogP contribution in [0.25, 0.3) is 11.1 Å². The number of ether oxygens (including phenoxy) is 2. The molecule has 2 aromatic heterocycles. The number of benzene rings is 1. The third-order valence-corrected chi connectivity index (χ3v) is 7.36. The quantitative estimate of drug-likeness (QED) is 0.483. The van der Waals surface area contributed by atoms with Gasteiger partial charge in [0.05, 0.1) is 12.8 Å². The Hall–Kier alpha value is -3.03. The van der Waals surface area contributed by atoms with Gasteiger partial charge in [0.25, 0.3) is 0 Å². The molecule has 1 aromatic carbocycles. The summed E-state index contributed by atoms with van der Waals surface area (Å²) in [5.74, 6) is 1.45. The first-order chi connectivity index (χ1) is 16.5. The van der Waals surface area contributed by atoms with Crippen molar-refractivity contribution in [3.05, 3.63) is 71.0 Å². The summed E-state index contributed by atoms with van der Waals surface area (Å²) in [5.41, 5.74) is 8.17. The van der Waals surface area contributed by atoms with Gasteiger partial charge in [0, 0.05) is 22.9 Å². The number of pyridine rings is 2. The maximum absolute atomic E-state index is 14.5. The van der Waals surface area contributed by atoms with Gasteiger partial charge in [-0.05, 0) is 54.7 Å². The molecule has 1 fully saturated rings. The third-order valence-electron chi connectivity index (χ3n) is 7.16. The van der Waals surface area contributed by atoms with Crippen LogP contribution < -0.4 is 10.5 Å². The molecule has 2 atom stereocenters. The Labute approximate surface area is 202 Å². The lowest BCUT2D eigenvalue weighted by atomic mass is 9.78. The van der Waals surface area contributed by atoms with Crippen LogP contribution in [0.5, 0.6) is 11.5 Å². The fraction of sp³-hybridized carbons (Fsp3) is 0.346. The molecule has 3 aliphatic rings. The number of fused-ring (bicyclic) bond motifs is 4. The molecule has 0 radical (unpaired) electrons. The highest BCUT2D eigenvalue weighted by Crippen LogP contribution is 2.52. The van der Waals surface area contributed by atoms with Crippen molar-refractivity contribution in [2.45, 2.75) is 43.7 Å². The number of hydrogen-bond donors (Lipinski definition) is 1. The predicted octanol–water partition coefficient (Wildman–Crippen LogP) is 5.62. The van der Waals surface area contributed by atoms with Gasteiger partial charge in [-0.25, -0.2) is 9.97 Å². The summed E-state index contributed by atoms with van der Waals surface area (Å²) in [6, 6.07) is 10.7. The summed E-state index contributed by atoms with van der Waals surface area (Å²) in [6.45, 7) is 0.275. The summed E-state index contributed by atoms with van der Waals surface area (Å²) in [7, 11) is 0. The fourth-order valence-electron chi connectivity index (χ4n) is 5.50. The molecule has 0 bridgehead atoms. The van der Waals surface area contributed by atoms with E-state index in [2.05, 4.69) is 9.97 Å². The van der Waals surface area contributed by atoms with Crippen LogP contribution in [0.15, 0.2) is 53.8 Å². The van der Waals surface area contributed by atoms with Crippen LogP contribution in [0.3, 0.4) is 0 Å². The number of hydrogen-bond acceptors (Lipinski definition) is 6. The van der Waals surface area contributed by atoms with E-state index in [1.54, 1.807) is 24.4 Å². The molecule has 4 heterocycles. The van der Waals surface area contributed by atoms with E-state index < -0.39 is 11.5 Å². The second kappa shape index (κ2) is 8.32. The maximum atomic E-state index is 14.5. The van der Waals surface area contributed by atoms with Gasteiger partial charge in [0.2, 0.25) is 5.95 Å². The molecule has 0 amide bonds. The van der Waals surface area contributed by atoms with Crippen LogP contribution in [-0.2, 0) is 10.3 Å². The molecule has 2 N–H and O–H groups in total. The molecule has 6 nitrogen and oxygen atoms in total. The van der Waals surface area contributed by atoms with Crippen LogP contribution in [0.2, 0.25) is 5.15 Å². The smallest absolute Gasteiger partial charge is 0.220 e. The van der Waals surface area contributed by atoms with E-state index in [0.717, 1.165) is 24.0 Å². The van der Waals surface area contributed by atoms with Gasteiger partial charge in [-0.15, -0.1) is 0 Å². The minimum Gasteiger partial charge on any atom is -0.455 e. The summed E-state index contributed by atoms with van der Waals surface area (Å²) in [4.78, 5) is 13.1. The molecule has 6 rings (SSSR count). The average molecular weight is 479 g/mol. The second-order valence-electron chi connectivity index (χ2n) is 9.18. The lowest BCUT2D eigenvalue weighted by molar-refractivity contribution is 0.00780. The Morgan fingerprint density at radius 2 is 1.85 bits per heavy atom. The predicted molar refractivity (Wildman–Crippen MR) is 128 cm³/mol. The molecule has 0 saturated heterocycles. The Morgan fingerprint density at radius 3 is 2.65 bits per heavy atom. The Kier molecular flexibility index (Phi) is 5.26. The first kappa shape index (κ1) is 21.5. The molecule has 34 heavy (non-hydrogen) atoms. The normalized spacial score (nSPS) is 24.2. The Morgan fingerprint density at radius 1 is 1.03 bits per heavy atom. The SMILES string of the molecule is NC1=N[C@]2(COC1C1CCCCC1)c1cc(-c3cccnc3F)ccc1Oc1cnc(Cl)cc12. The average Bonchev–Trinajstić information content (AvgIpc) is 2.86. The molecule has 1 unspecified atom stereocenters. The minimum atomic E-state index is -0.973. The lowest BCUT2D eigenvalue weighted by Crippen LogP contribution is -2.49. The summed E-state index contributed by atoms with van der Waals surface area (Å²) in [6.07, 6.45) is 8.61. The van der Waals surface area contributed by atoms with Crippen molar-refractivity contribution in [2.75, 3.05) is 6.61 Å². The van der Waals surface area contributed by atoms with Gasteiger partial charge in [-0.2, -0.15) is 4.39 Å². The maximum Gasteiger partial charge on any atom is 0.220 e. The van der Waals surface area contributed by atoms with E-state index in [4.69, 9.17) is 31.8 Å². The third kappa shape index (κ3) is 3.46. The van der Waals surface area contributed by atoms with E-state index in [-0.39, 0.29) is 12.7 Å². The molecule has 1 saturated carbocycles. The van der Waals surface area contributed by atoms with E-state index in [1.165, 1.54) is 25.5 Å². The van der Waals surface area contributed by atoms with Crippen molar-refractivity contribution in [1.82, 2.24) is 9.97 Å². The van der Waals surface area contributed by atoms with Crippen LogP contribution in [0.1, 0.15) is 43.2 Å². The minimum absolute atomic E-state index is 0.211. The van der Waals surface area contributed by atoms with Gasteiger partial charge in [-0.3, -0.25) is 4.99 Å². The van der Waals surface area contributed by atoms with E-state index in [1.807, 2.05) is 18.2 Å². The Bertz CT molecular complexity index is 1290. The largest absolute Gasteiger partial charge is 0.455 e. The van der Waals surface area contributed by atoms with Gasteiger partial charge in [0.1, 0.15) is 28.4 Å². The Balaban J connectivity index is 1.52. The van der Waals surface area contributed by atoms with Crippen LogP contribution >= 0.6 is 11.6 Å². The van der Waals surface area contributed by atoms with Crippen molar-refractivity contribution in [3.63, 3.8) is 0 Å². The molecule has 8 heteroatoms.